The van der Waals surface area contributed by atoms with Crippen LogP contribution in [0.1, 0.15) is 50.6 Å². The van der Waals surface area contributed by atoms with Crippen LogP contribution in [0.4, 0.5) is 9.18 Å². The maximum atomic E-state index is 14.1. The molecule has 1 aliphatic heterocycles. The normalized spacial score (nSPS) is 18.4. The number of fused-ring (bicyclic) bond motifs is 3. The summed E-state index contributed by atoms with van der Waals surface area (Å²) in [6, 6.07) is 14.1. The summed E-state index contributed by atoms with van der Waals surface area (Å²) < 4.78 is 19.7. The summed E-state index contributed by atoms with van der Waals surface area (Å²) in [7, 11) is 0. The molecule has 0 saturated carbocycles. The predicted octanol–water partition coefficient (Wildman–Crippen LogP) is 5.58. The third-order valence-electron chi connectivity index (χ3n) is 5.34. The Labute approximate surface area is 164 Å². The van der Waals surface area contributed by atoms with Crippen LogP contribution in [0.3, 0.4) is 0 Å². The number of amides is 1. The van der Waals surface area contributed by atoms with Crippen molar-refractivity contribution in [2.24, 2.45) is 0 Å². The first-order valence-electron chi connectivity index (χ1n) is 9.63. The van der Waals surface area contributed by atoms with E-state index in [9.17, 15) is 9.18 Å². The van der Waals surface area contributed by atoms with Gasteiger partial charge in [0.1, 0.15) is 11.9 Å². The van der Waals surface area contributed by atoms with Crippen molar-refractivity contribution >= 4 is 17.0 Å². The second-order valence-electron chi connectivity index (χ2n) is 8.31. The third kappa shape index (κ3) is 3.05. The van der Waals surface area contributed by atoms with Gasteiger partial charge in [-0.05, 0) is 63.4 Å². The number of rotatable bonds is 2. The van der Waals surface area contributed by atoms with Crippen LogP contribution in [0.5, 0.6) is 0 Å². The first kappa shape index (κ1) is 18.5. The summed E-state index contributed by atoms with van der Waals surface area (Å²) >= 11 is 0. The quantitative estimate of drug-likeness (QED) is 0.631. The van der Waals surface area contributed by atoms with Crippen LogP contribution in [0.2, 0.25) is 0 Å². The third-order valence-corrected chi connectivity index (χ3v) is 5.34. The van der Waals surface area contributed by atoms with Crippen molar-refractivity contribution in [2.45, 2.75) is 51.8 Å². The molecule has 1 unspecified atom stereocenters. The van der Waals surface area contributed by atoms with Crippen LogP contribution in [0, 0.1) is 5.82 Å². The zero-order valence-electron chi connectivity index (χ0n) is 16.6. The van der Waals surface area contributed by atoms with Gasteiger partial charge >= 0.3 is 6.09 Å². The van der Waals surface area contributed by atoms with E-state index >= 15 is 0 Å². The second-order valence-corrected chi connectivity index (χ2v) is 8.31. The number of carbonyl (C=O) groups is 1. The Hall–Kier alpha value is -2.82. The fourth-order valence-electron chi connectivity index (χ4n) is 4.24. The van der Waals surface area contributed by atoms with Gasteiger partial charge in [0, 0.05) is 22.1 Å². The summed E-state index contributed by atoms with van der Waals surface area (Å²) in [5.41, 5.74) is 3.33. The Morgan fingerprint density at radius 1 is 1.21 bits per heavy atom. The first-order valence-corrected chi connectivity index (χ1v) is 9.63. The number of hydrogen-bond acceptors (Lipinski definition) is 2. The van der Waals surface area contributed by atoms with E-state index in [-0.39, 0.29) is 11.9 Å². The van der Waals surface area contributed by atoms with E-state index in [0.717, 1.165) is 22.2 Å². The number of carbonyl (C=O) groups excluding carboxylic acids is 1. The predicted molar refractivity (Wildman–Crippen MR) is 108 cm³/mol. The molecule has 1 aliphatic rings. The molecular weight excluding hydrogens is 355 g/mol. The van der Waals surface area contributed by atoms with Gasteiger partial charge in [-0.15, -0.1) is 0 Å². The van der Waals surface area contributed by atoms with Gasteiger partial charge in [0.15, 0.2) is 0 Å². The smallest absolute Gasteiger partial charge is 0.411 e. The molecule has 0 spiro atoms. The highest BCUT2D eigenvalue weighted by Gasteiger charge is 2.45. The lowest BCUT2D eigenvalue weighted by Gasteiger charge is -2.47. The molecule has 5 heteroatoms. The lowest BCUT2D eigenvalue weighted by molar-refractivity contribution is 0.0230. The zero-order chi connectivity index (χ0) is 20.1. The van der Waals surface area contributed by atoms with Gasteiger partial charge in [-0.1, -0.05) is 30.3 Å². The van der Waals surface area contributed by atoms with Gasteiger partial charge < -0.3 is 9.72 Å². The van der Waals surface area contributed by atoms with Crippen molar-refractivity contribution in [1.29, 1.82) is 0 Å². The van der Waals surface area contributed by atoms with E-state index in [2.05, 4.69) is 11.1 Å². The number of nitrogens with one attached hydrogen (secondary N) is 1. The van der Waals surface area contributed by atoms with E-state index < -0.39 is 17.7 Å². The molecule has 28 heavy (non-hydrogen) atoms. The van der Waals surface area contributed by atoms with Crippen LogP contribution in [-0.2, 0) is 11.2 Å². The van der Waals surface area contributed by atoms with Crippen LogP contribution >= 0.6 is 0 Å². The number of aromatic nitrogens is 1. The largest absolute Gasteiger partial charge is 0.447 e. The van der Waals surface area contributed by atoms with Crippen LogP contribution in [0.25, 0.3) is 10.9 Å². The maximum Gasteiger partial charge on any atom is 0.411 e. The second kappa shape index (κ2) is 6.66. The van der Waals surface area contributed by atoms with Crippen molar-refractivity contribution < 1.29 is 13.9 Å². The Balaban J connectivity index is 1.96. The molecule has 1 amide bonds. The molecular formula is C23H25FN2O2. The first-order chi connectivity index (χ1) is 13.3. The molecule has 0 fully saturated rings. The SMILES string of the molecule is CC(C)OC(=O)N1C(c2cccc(F)c2)c2[nH]c3ccccc3c2CC1(C)C. The van der Waals surface area contributed by atoms with Crippen molar-refractivity contribution in [3.05, 3.63) is 71.2 Å². The van der Waals surface area contributed by atoms with Gasteiger partial charge in [-0.3, -0.25) is 4.90 Å². The summed E-state index contributed by atoms with van der Waals surface area (Å²) in [6.07, 6.45) is 0.0601. The molecule has 0 bridgehead atoms. The Kier molecular flexibility index (Phi) is 4.41. The molecule has 0 aliphatic carbocycles. The average molecular weight is 380 g/mol. The Bertz CT molecular complexity index is 1040. The molecule has 0 radical (unpaired) electrons. The van der Waals surface area contributed by atoms with E-state index in [1.165, 1.54) is 17.7 Å². The summed E-state index contributed by atoms with van der Waals surface area (Å²) in [4.78, 5) is 18.4. The summed E-state index contributed by atoms with van der Waals surface area (Å²) in [5, 5.41) is 1.14. The van der Waals surface area contributed by atoms with E-state index in [0.29, 0.717) is 6.42 Å². The van der Waals surface area contributed by atoms with Crippen LogP contribution < -0.4 is 0 Å². The van der Waals surface area contributed by atoms with Gasteiger partial charge in [0.05, 0.1) is 6.10 Å². The minimum atomic E-state index is -0.499. The topological polar surface area (TPSA) is 45.3 Å². The van der Waals surface area contributed by atoms with Gasteiger partial charge in [-0.2, -0.15) is 0 Å². The van der Waals surface area contributed by atoms with Crippen molar-refractivity contribution in [2.75, 3.05) is 0 Å². The Morgan fingerprint density at radius 3 is 2.68 bits per heavy atom. The van der Waals surface area contributed by atoms with Crippen LogP contribution in [-0.4, -0.2) is 27.6 Å². The molecule has 2 heterocycles. The van der Waals surface area contributed by atoms with Crippen LogP contribution in [0.15, 0.2) is 48.5 Å². The minimum Gasteiger partial charge on any atom is -0.447 e. The number of H-pyrrole nitrogens is 1. The lowest BCUT2D eigenvalue weighted by atomic mass is 9.82. The average Bonchev–Trinajstić information content (AvgIpc) is 2.97. The van der Waals surface area contributed by atoms with Crippen molar-refractivity contribution in [3.8, 4) is 0 Å². The number of hydrogen-bond donors (Lipinski definition) is 1. The van der Waals surface area contributed by atoms with Gasteiger partial charge in [-0.25, -0.2) is 9.18 Å². The highest BCUT2D eigenvalue weighted by Crippen LogP contribution is 2.45. The zero-order valence-corrected chi connectivity index (χ0v) is 16.6. The number of halogens is 1. The molecule has 4 rings (SSSR count). The number of benzene rings is 2. The monoisotopic (exact) mass is 380 g/mol. The van der Waals surface area contributed by atoms with Crippen molar-refractivity contribution in [3.63, 3.8) is 0 Å². The van der Waals surface area contributed by atoms with E-state index in [1.54, 1.807) is 11.0 Å². The highest BCUT2D eigenvalue weighted by atomic mass is 19.1. The molecule has 2 aromatic carbocycles. The molecule has 3 aromatic rings. The number of para-hydroxylation sites is 1. The fourth-order valence-corrected chi connectivity index (χ4v) is 4.24. The molecule has 1 N–H and O–H groups in total. The fraction of sp³-hybridized carbons (Fsp3) is 0.348. The number of aromatic amines is 1. The maximum absolute atomic E-state index is 14.1. The summed E-state index contributed by atoms with van der Waals surface area (Å²) in [6.45, 7) is 7.73. The van der Waals surface area contributed by atoms with Gasteiger partial charge in [0.25, 0.3) is 0 Å². The van der Waals surface area contributed by atoms with E-state index in [4.69, 9.17) is 4.74 Å². The van der Waals surface area contributed by atoms with Gasteiger partial charge in [0.2, 0.25) is 0 Å². The lowest BCUT2D eigenvalue weighted by Crippen LogP contribution is -2.54. The molecule has 0 saturated heterocycles. The molecule has 4 nitrogen and oxygen atoms in total. The molecule has 1 aromatic heterocycles. The van der Waals surface area contributed by atoms with E-state index in [1.807, 2.05) is 52.0 Å². The highest BCUT2D eigenvalue weighted by molar-refractivity contribution is 5.86. The molecule has 1 atom stereocenters. The standard InChI is InChI=1S/C23H25FN2O2/c1-14(2)28-22(27)26-21(15-8-7-9-16(24)12-15)20-18(13-23(26,3)4)17-10-5-6-11-19(17)25-20/h5-12,14,21,25H,13H2,1-4H3. The molecule has 146 valence electrons. The summed E-state index contributed by atoms with van der Waals surface area (Å²) in [5.74, 6) is -0.323. The minimum absolute atomic E-state index is 0.236. The van der Waals surface area contributed by atoms with Crippen molar-refractivity contribution in [1.82, 2.24) is 9.88 Å². The number of ether oxygens (including phenoxy) is 1. The Morgan fingerprint density at radius 2 is 1.96 bits per heavy atom. The number of nitrogens with zero attached hydrogens (tertiary/aromatic N) is 1.